The number of anilines is 1. The van der Waals surface area contributed by atoms with Crippen LogP contribution in [0.4, 0.5) is 5.69 Å². The van der Waals surface area contributed by atoms with E-state index in [1.165, 1.54) is 37.7 Å². The summed E-state index contributed by atoms with van der Waals surface area (Å²) >= 11 is 3.51. The molecule has 0 bridgehead atoms. The molecule has 2 nitrogen and oxygen atoms in total. The number of unbranched alkanes of at least 4 members (excludes halogenated alkanes) is 1. The Morgan fingerprint density at radius 3 is 2.62 bits per heavy atom. The van der Waals surface area contributed by atoms with Crippen molar-refractivity contribution in [3.05, 3.63) is 28.2 Å². The van der Waals surface area contributed by atoms with Crippen molar-refractivity contribution in [2.75, 3.05) is 5.32 Å². The van der Waals surface area contributed by atoms with Gasteiger partial charge in [0.2, 0.25) is 5.91 Å². The maximum Gasteiger partial charge on any atom is 0.227 e. The van der Waals surface area contributed by atoms with Crippen LogP contribution in [0.3, 0.4) is 0 Å². The molecule has 0 aromatic heterocycles. The Morgan fingerprint density at radius 2 is 2.00 bits per heavy atom. The molecule has 0 heterocycles. The van der Waals surface area contributed by atoms with Gasteiger partial charge in [0, 0.05) is 16.1 Å². The number of carbonyl (C=O) groups is 1. The minimum atomic E-state index is 0.194. The van der Waals surface area contributed by atoms with Gasteiger partial charge in [0.05, 0.1) is 0 Å². The number of aryl methyl sites for hydroxylation is 1. The Morgan fingerprint density at radius 1 is 1.29 bits per heavy atom. The lowest BCUT2D eigenvalue weighted by Gasteiger charge is -2.27. The minimum absolute atomic E-state index is 0.194. The average Bonchev–Trinajstić information content (AvgIpc) is 2.49. The van der Waals surface area contributed by atoms with E-state index in [-0.39, 0.29) is 11.8 Å². The lowest BCUT2D eigenvalue weighted by molar-refractivity contribution is -0.121. The number of halogens is 1. The highest BCUT2D eigenvalue weighted by Crippen LogP contribution is 2.32. The van der Waals surface area contributed by atoms with Crippen LogP contribution in [0.1, 0.15) is 57.4 Å². The van der Waals surface area contributed by atoms with Gasteiger partial charge in [-0.2, -0.15) is 0 Å². The molecule has 0 spiro atoms. The summed E-state index contributed by atoms with van der Waals surface area (Å²) in [6.07, 6.45) is 8.49. The highest BCUT2D eigenvalue weighted by molar-refractivity contribution is 9.10. The zero-order valence-electron chi connectivity index (χ0n) is 13.1. The van der Waals surface area contributed by atoms with Gasteiger partial charge >= 0.3 is 0 Å². The van der Waals surface area contributed by atoms with Crippen LogP contribution in [0, 0.1) is 18.8 Å². The number of carbonyl (C=O) groups excluding carboxylic acids is 1. The van der Waals surface area contributed by atoms with E-state index in [4.69, 9.17) is 0 Å². The molecule has 0 unspecified atom stereocenters. The fraction of sp³-hybridized carbons (Fsp3) is 0.611. The Hall–Kier alpha value is -0.830. The first-order valence-electron chi connectivity index (χ1n) is 8.17. The summed E-state index contributed by atoms with van der Waals surface area (Å²) in [4.78, 5) is 12.4. The van der Waals surface area contributed by atoms with Crippen LogP contribution in [-0.4, -0.2) is 5.91 Å². The second-order valence-electron chi connectivity index (χ2n) is 6.31. The van der Waals surface area contributed by atoms with Gasteiger partial charge in [0.25, 0.3) is 0 Å². The lowest BCUT2D eigenvalue weighted by Crippen LogP contribution is -2.27. The Bertz CT molecular complexity index is 478. The second kappa shape index (κ2) is 7.98. The maximum atomic E-state index is 12.4. The molecule has 0 saturated heterocycles. The molecule has 0 atom stereocenters. The summed E-state index contributed by atoms with van der Waals surface area (Å²) in [5.74, 6) is 1.24. The van der Waals surface area contributed by atoms with Crippen molar-refractivity contribution in [2.24, 2.45) is 11.8 Å². The second-order valence-corrected chi connectivity index (χ2v) is 7.17. The highest BCUT2D eigenvalue weighted by Gasteiger charge is 2.25. The van der Waals surface area contributed by atoms with Gasteiger partial charge in [-0.05, 0) is 56.2 Å². The number of amides is 1. The zero-order chi connectivity index (χ0) is 15.2. The van der Waals surface area contributed by atoms with Crippen molar-refractivity contribution >= 4 is 27.5 Å². The molecule has 1 aromatic rings. The molecule has 1 aromatic carbocycles. The van der Waals surface area contributed by atoms with Gasteiger partial charge in [-0.3, -0.25) is 4.79 Å². The van der Waals surface area contributed by atoms with Crippen LogP contribution in [0.25, 0.3) is 0 Å². The van der Waals surface area contributed by atoms with Crippen LogP contribution in [-0.2, 0) is 4.79 Å². The van der Waals surface area contributed by atoms with Crippen molar-refractivity contribution in [2.45, 2.75) is 58.8 Å². The summed E-state index contributed by atoms with van der Waals surface area (Å²) in [7, 11) is 0. The van der Waals surface area contributed by atoms with Crippen molar-refractivity contribution < 1.29 is 4.79 Å². The van der Waals surface area contributed by atoms with E-state index in [0.29, 0.717) is 0 Å². The number of hydrogen-bond acceptors (Lipinski definition) is 1. The predicted molar refractivity (Wildman–Crippen MR) is 92.5 cm³/mol. The summed E-state index contributed by atoms with van der Waals surface area (Å²) < 4.78 is 1.04. The van der Waals surface area contributed by atoms with Crippen molar-refractivity contribution in [1.29, 1.82) is 0 Å². The molecule has 1 fully saturated rings. The normalized spacial score (nSPS) is 22.0. The number of benzene rings is 1. The van der Waals surface area contributed by atoms with Crippen molar-refractivity contribution in [3.8, 4) is 0 Å². The van der Waals surface area contributed by atoms with Crippen molar-refractivity contribution in [1.82, 2.24) is 0 Å². The van der Waals surface area contributed by atoms with E-state index in [1.807, 2.05) is 25.1 Å². The molecular formula is C18H26BrNO. The Kier molecular flexibility index (Phi) is 6.28. The van der Waals surface area contributed by atoms with Crippen LogP contribution < -0.4 is 5.32 Å². The average molecular weight is 352 g/mol. The minimum Gasteiger partial charge on any atom is -0.326 e. The van der Waals surface area contributed by atoms with E-state index < -0.39 is 0 Å². The van der Waals surface area contributed by atoms with E-state index in [1.54, 1.807) is 0 Å². The zero-order valence-corrected chi connectivity index (χ0v) is 14.7. The first-order valence-corrected chi connectivity index (χ1v) is 8.96. The molecule has 1 amide bonds. The Labute approximate surface area is 136 Å². The summed E-state index contributed by atoms with van der Waals surface area (Å²) in [5, 5.41) is 3.07. The number of hydrogen-bond donors (Lipinski definition) is 1. The molecule has 1 aliphatic carbocycles. The summed E-state index contributed by atoms with van der Waals surface area (Å²) in [6, 6.07) is 5.99. The molecule has 1 saturated carbocycles. The van der Waals surface area contributed by atoms with Gasteiger partial charge in [-0.25, -0.2) is 0 Å². The van der Waals surface area contributed by atoms with Gasteiger partial charge in [0.1, 0.15) is 0 Å². The van der Waals surface area contributed by atoms with Crippen LogP contribution in [0.15, 0.2) is 22.7 Å². The Balaban J connectivity index is 1.83. The predicted octanol–water partition coefficient (Wildman–Crippen LogP) is 5.69. The fourth-order valence-corrected chi connectivity index (χ4v) is 3.50. The third-order valence-corrected chi connectivity index (χ3v) is 5.48. The molecule has 21 heavy (non-hydrogen) atoms. The molecule has 0 aliphatic heterocycles. The topological polar surface area (TPSA) is 29.1 Å². The standard InChI is InChI=1S/C18H26BrNO/c1-3-4-5-14-7-9-15(10-8-14)18(21)20-16-11-6-13(2)17(19)12-16/h6,11-12,14-15H,3-5,7-10H2,1-2H3,(H,20,21). The first kappa shape index (κ1) is 16.5. The number of rotatable bonds is 5. The fourth-order valence-electron chi connectivity index (χ4n) is 3.12. The lowest BCUT2D eigenvalue weighted by atomic mass is 9.79. The van der Waals surface area contributed by atoms with E-state index in [2.05, 4.69) is 28.2 Å². The monoisotopic (exact) mass is 351 g/mol. The summed E-state index contributed by atoms with van der Waals surface area (Å²) in [6.45, 7) is 4.30. The molecule has 0 radical (unpaired) electrons. The van der Waals surface area contributed by atoms with Crippen LogP contribution in [0.2, 0.25) is 0 Å². The van der Waals surface area contributed by atoms with E-state index in [0.717, 1.165) is 28.9 Å². The van der Waals surface area contributed by atoms with Gasteiger partial charge in [-0.1, -0.05) is 48.2 Å². The van der Waals surface area contributed by atoms with Gasteiger partial charge < -0.3 is 5.32 Å². The molecule has 1 aliphatic rings. The smallest absolute Gasteiger partial charge is 0.227 e. The third-order valence-electron chi connectivity index (χ3n) is 4.62. The molecule has 116 valence electrons. The SMILES string of the molecule is CCCCC1CCC(C(=O)Nc2ccc(C)c(Br)c2)CC1. The molecular weight excluding hydrogens is 326 g/mol. The first-order chi connectivity index (χ1) is 10.1. The van der Waals surface area contributed by atoms with E-state index in [9.17, 15) is 4.79 Å². The largest absolute Gasteiger partial charge is 0.326 e. The van der Waals surface area contributed by atoms with Gasteiger partial charge in [0.15, 0.2) is 0 Å². The van der Waals surface area contributed by atoms with Crippen LogP contribution >= 0.6 is 15.9 Å². The molecule has 2 rings (SSSR count). The molecule has 1 N–H and O–H groups in total. The number of nitrogens with one attached hydrogen (secondary N) is 1. The molecule has 3 heteroatoms. The maximum absolute atomic E-state index is 12.4. The highest BCUT2D eigenvalue weighted by atomic mass is 79.9. The quantitative estimate of drug-likeness (QED) is 0.724. The van der Waals surface area contributed by atoms with Crippen LogP contribution in [0.5, 0.6) is 0 Å². The van der Waals surface area contributed by atoms with Gasteiger partial charge in [-0.15, -0.1) is 0 Å². The third kappa shape index (κ3) is 4.84. The summed E-state index contributed by atoms with van der Waals surface area (Å²) in [5.41, 5.74) is 2.08. The van der Waals surface area contributed by atoms with E-state index >= 15 is 0 Å². The van der Waals surface area contributed by atoms with Crippen molar-refractivity contribution in [3.63, 3.8) is 0 Å².